The number of hydrogen-bond donors (Lipinski definition) is 2. The third kappa shape index (κ3) is 2.56. The number of hydrogen-bond acceptors (Lipinski definition) is 5. The molecular weight excluding hydrogens is 208 g/mol. The van der Waals surface area contributed by atoms with E-state index in [1.807, 2.05) is 13.2 Å². The van der Waals surface area contributed by atoms with Gasteiger partial charge in [0.25, 0.3) is 0 Å². The standard InChI is InChI=1S/C9H16N6O/c1-14-4-7(12-13-14)5-15-2-3-16-8(6-15)9(10)11/h4,8H,2-3,5-6H2,1H3,(H3,10,11). The molecule has 16 heavy (non-hydrogen) atoms. The van der Waals surface area contributed by atoms with E-state index in [0.29, 0.717) is 13.2 Å². The lowest BCUT2D eigenvalue weighted by Gasteiger charge is -2.31. The van der Waals surface area contributed by atoms with E-state index >= 15 is 0 Å². The van der Waals surface area contributed by atoms with Gasteiger partial charge in [-0.3, -0.25) is 15.0 Å². The van der Waals surface area contributed by atoms with E-state index in [9.17, 15) is 0 Å². The first kappa shape index (κ1) is 11.0. The van der Waals surface area contributed by atoms with E-state index in [4.69, 9.17) is 15.9 Å². The molecule has 0 amide bonds. The molecule has 88 valence electrons. The Kier molecular flexibility index (Phi) is 3.16. The van der Waals surface area contributed by atoms with Gasteiger partial charge in [0.2, 0.25) is 0 Å². The van der Waals surface area contributed by atoms with Gasteiger partial charge in [0, 0.05) is 32.9 Å². The second-order valence-corrected chi connectivity index (χ2v) is 3.93. The lowest BCUT2D eigenvalue weighted by molar-refractivity contribution is 0.00191. The third-order valence-electron chi connectivity index (χ3n) is 2.53. The number of morpholine rings is 1. The number of nitrogens with zero attached hydrogens (tertiary/aromatic N) is 4. The van der Waals surface area contributed by atoms with Gasteiger partial charge in [-0.15, -0.1) is 5.10 Å². The van der Waals surface area contributed by atoms with Crippen LogP contribution in [0.5, 0.6) is 0 Å². The lowest BCUT2D eigenvalue weighted by Crippen LogP contribution is -2.47. The summed E-state index contributed by atoms with van der Waals surface area (Å²) in [5.41, 5.74) is 6.35. The highest BCUT2D eigenvalue weighted by Crippen LogP contribution is 2.08. The van der Waals surface area contributed by atoms with E-state index in [1.165, 1.54) is 0 Å². The number of nitrogens with two attached hydrogens (primary N) is 1. The summed E-state index contributed by atoms with van der Waals surface area (Å²) in [4.78, 5) is 2.17. The Morgan fingerprint density at radius 3 is 3.19 bits per heavy atom. The Morgan fingerprint density at radius 2 is 2.56 bits per heavy atom. The third-order valence-corrected chi connectivity index (χ3v) is 2.53. The van der Waals surface area contributed by atoms with Crippen LogP contribution in [-0.2, 0) is 18.3 Å². The molecule has 0 spiro atoms. The largest absolute Gasteiger partial charge is 0.385 e. The summed E-state index contributed by atoms with van der Waals surface area (Å²) in [6, 6.07) is 0. The highest BCUT2D eigenvalue weighted by atomic mass is 16.5. The average molecular weight is 224 g/mol. The molecule has 2 heterocycles. The first-order valence-corrected chi connectivity index (χ1v) is 5.18. The van der Waals surface area contributed by atoms with Crippen molar-refractivity contribution in [1.82, 2.24) is 19.9 Å². The summed E-state index contributed by atoms with van der Waals surface area (Å²) in [6.07, 6.45) is 1.60. The van der Waals surface area contributed by atoms with Crippen LogP contribution in [0.15, 0.2) is 6.20 Å². The molecule has 1 aliphatic rings. The van der Waals surface area contributed by atoms with E-state index in [-0.39, 0.29) is 11.9 Å². The smallest absolute Gasteiger partial charge is 0.127 e. The van der Waals surface area contributed by atoms with Crippen LogP contribution in [0.1, 0.15) is 5.69 Å². The highest BCUT2D eigenvalue weighted by molar-refractivity contribution is 5.82. The number of nitrogens with one attached hydrogen (secondary N) is 1. The molecule has 0 bridgehead atoms. The van der Waals surface area contributed by atoms with E-state index in [2.05, 4.69) is 15.2 Å². The minimum atomic E-state index is -0.287. The summed E-state index contributed by atoms with van der Waals surface area (Å²) in [6.45, 7) is 2.80. The molecule has 1 aromatic heterocycles. The van der Waals surface area contributed by atoms with E-state index in [1.54, 1.807) is 4.68 Å². The van der Waals surface area contributed by atoms with Gasteiger partial charge in [0.05, 0.1) is 12.3 Å². The second-order valence-electron chi connectivity index (χ2n) is 3.93. The van der Waals surface area contributed by atoms with Gasteiger partial charge in [-0.1, -0.05) is 5.21 Å². The average Bonchev–Trinajstić information content (AvgIpc) is 2.64. The molecule has 7 heteroatoms. The maximum absolute atomic E-state index is 7.36. The van der Waals surface area contributed by atoms with Crippen LogP contribution in [0.3, 0.4) is 0 Å². The van der Waals surface area contributed by atoms with Crippen LogP contribution in [0.25, 0.3) is 0 Å². The zero-order valence-electron chi connectivity index (χ0n) is 9.26. The van der Waals surface area contributed by atoms with Crippen LogP contribution >= 0.6 is 0 Å². The van der Waals surface area contributed by atoms with Crippen molar-refractivity contribution in [3.05, 3.63) is 11.9 Å². The zero-order chi connectivity index (χ0) is 11.5. The Labute approximate surface area is 93.7 Å². The second kappa shape index (κ2) is 4.58. The maximum Gasteiger partial charge on any atom is 0.127 e. The van der Waals surface area contributed by atoms with Gasteiger partial charge < -0.3 is 10.5 Å². The van der Waals surface area contributed by atoms with Crippen LogP contribution in [0.4, 0.5) is 0 Å². The molecule has 0 aliphatic carbocycles. The fraction of sp³-hybridized carbons (Fsp3) is 0.667. The molecule has 1 unspecified atom stereocenters. The Morgan fingerprint density at radius 1 is 1.75 bits per heavy atom. The topological polar surface area (TPSA) is 93.0 Å². The molecule has 2 rings (SSSR count). The summed E-state index contributed by atoms with van der Waals surface area (Å²) in [5.74, 6) is 0.0869. The fourth-order valence-corrected chi connectivity index (χ4v) is 1.73. The van der Waals surface area contributed by atoms with Crippen molar-refractivity contribution in [2.24, 2.45) is 12.8 Å². The number of aryl methyl sites for hydroxylation is 1. The monoisotopic (exact) mass is 224 g/mol. The van der Waals surface area contributed by atoms with E-state index in [0.717, 1.165) is 18.8 Å². The van der Waals surface area contributed by atoms with Crippen molar-refractivity contribution in [3.8, 4) is 0 Å². The molecule has 1 aliphatic heterocycles. The van der Waals surface area contributed by atoms with Crippen LogP contribution < -0.4 is 5.73 Å². The van der Waals surface area contributed by atoms with Gasteiger partial charge in [-0.25, -0.2) is 0 Å². The zero-order valence-corrected chi connectivity index (χ0v) is 9.26. The molecule has 1 fully saturated rings. The minimum absolute atomic E-state index is 0.0869. The van der Waals surface area contributed by atoms with Gasteiger partial charge in [0.15, 0.2) is 0 Å². The number of aromatic nitrogens is 3. The first-order valence-electron chi connectivity index (χ1n) is 5.18. The van der Waals surface area contributed by atoms with Crippen molar-refractivity contribution in [2.75, 3.05) is 19.7 Å². The summed E-state index contributed by atoms with van der Waals surface area (Å²) in [7, 11) is 1.84. The fourth-order valence-electron chi connectivity index (χ4n) is 1.73. The Balaban J connectivity index is 1.92. The van der Waals surface area contributed by atoms with E-state index < -0.39 is 0 Å². The van der Waals surface area contributed by atoms with Gasteiger partial charge in [-0.2, -0.15) is 0 Å². The molecule has 0 radical (unpaired) electrons. The number of amidine groups is 1. The molecule has 0 aromatic carbocycles. The molecular formula is C9H16N6O. The lowest BCUT2D eigenvalue weighted by atomic mass is 10.2. The van der Waals surface area contributed by atoms with Crippen LogP contribution in [0.2, 0.25) is 0 Å². The van der Waals surface area contributed by atoms with Gasteiger partial charge in [-0.05, 0) is 0 Å². The first-order chi connectivity index (χ1) is 7.65. The summed E-state index contributed by atoms with van der Waals surface area (Å²) >= 11 is 0. The number of rotatable bonds is 3. The molecule has 7 nitrogen and oxygen atoms in total. The normalized spacial score (nSPS) is 22.2. The highest BCUT2D eigenvalue weighted by Gasteiger charge is 2.23. The Hall–Kier alpha value is -1.47. The van der Waals surface area contributed by atoms with Gasteiger partial charge in [0.1, 0.15) is 11.9 Å². The molecule has 1 aromatic rings. The van der Waals surface area contributed by atoms with Crippen molar-refractivity contribution in [1.29, 1.82) is 5.41 Å². The summed E-state index contributed by atoms with van der Waals surface area (Å²) in [5, 5.41) is 15.3. The van der Waals surface area contributed by atoms with Crippen LogP contribution in [-0.4, -0.2) is 51.5 Å². The molecule has 3 N–H and O–H groups in total. The van der Waals surface area contributed by atoms with Crippen molar-refractivity contribution >= 4 is 5.84 Å². The predicted octanol–water partition coefficient (Wildman–Crippen LogP) is -1.05. The van der Waals surface area contributed by atoms with Crippen molar-refractivity contribution in [3.63, 3.8) is 0 Å². The number of ether oxygens (including phenoxy) is 1. The predicted molar refractivity (Wildman–Crippen MR) is 57.9 cm³/mol. The molecule has 0 saturated carbocycles. The quantitative estimate of drug-likeness (QED) is 0.505. The Bertz CT molecular complexity index is 376. The minimum Gasteiger partial charge on any atom is -0.385 e. The molecule has 1 atom stereocenters. The van der Waals surface area contributed by atoms with Gasteiger partial charge >= 0.3 is 0 Å². The SMILES string of the molecule is Cn1cc(CN2CCOC(C(=N)N)C2)nn1. The van der Waals surface area contributed by atoms with Crippen LogP contribution in [0, 0.1) is 5.41 Å². The molecule has 1 saturated heterocycles. The summed E-state index contributed by atoms with van der Waals surface area (Å²) < 4.78 is 7.06. The van der Waals surface area contributed by atoms with Crippen molar-refractivity contribution in [2.45, 2.75) is 12.6 Å². The van der Waals surface area contributed by atoms with Crippen molar-refractivity contribution < 1.29 is 4.74 Å². The maximum atomic E-state index is 7.36.